The van der Waals surface area contributed by atoms with E-state index in [1.165, 1.54) is 4.68 Å². The van der Waals surface area contributed by atoms with Gasteiger partial charge in [-0.15, -0.1) is 0 Å². The topological polar surface area (TPSA) is 56.5 Å². The van der Waals surface area contributed by atoms with Crippen LogP contribution in [0, 0.1) is 0 Å². The average Bonchev–Trinajstić information content (AvgIpc) is 2.79. The monoisotopic (exact) mass is 587 g/mol. The van der Waals surface area contributed by atoms with Gasteiger partial charge in [-0.1, -0.05) is 64.8 Å². The fourth-order valence-electron chi connectivity index (χ4n) is 3.38. The van der Waals surface area contributed by atoms with Crippen molar-refractivity contribution in [2.24, 2.45) is 5.10 Å². The van der Waals surface area contributed by atoms with Gasteiger partial charge in [0.15, 0.2) is 0 Å². The minimum Gasteiger partial charge on any atom is -0.487 e. The first kappa shape index (κ1) is 23.7. The molecule has 33 heavy (non-hydrogen) atoms. The predicted molar refractivity (Wildman–Crippen MR) is 141 cm³/mol. The van der Waals surface area contributed by atoms with Gasteiger partial charge in [0, 0.05) is 21.5 Å². The molecule has 0 N–H and O–H groups in total. The van der Waals surface area contributed by atoms with Crippen molar-refractivity contribution in [3.05, 3.63) is 102 Å². The third-order valence-corrected chi connectivity index (χ3v) is 6.22. The fraction of sp³-hybridized carbons (Fsp3) is 0.160. The average molecular weight is 590 g/mol. The van der Waals surface area contributed by atoms with Crippen molar-refractivity contribution in [2.45, 2.75) is 26.4 Å². The molecular formula is C25H20Br2ClN3O2. The van der Waals surface area contributed by atoms with E-state index < -0.39 is 0 Å². The highest BCUT2D eigenvalue weighted by Crippen LogP contribution is 2.32. The van der Waals surface area contributed by atoms with Crippen LogP contribution in [-0.2, 0) is 13.0 Å². The highest BCUT2D eigenvalue weighted by atomic mass is 79.9. The van der Waals surface area contributed by atoms with E-state index in [2.05, 4.69) is 41.9 Å². The summed E-state index contributed by atoms with van der Waals surface area (Å²) >= 11 is 13.3. The van der Waals surface area contributed by atoms with Crippen LogP contribution in [0.5, 0.6) is 5.75 Å². The summed E-state index contributed by atoms with van der Waals surface area (Å²) < 4.78 is 8.95. The van der Waals surface area contributed by atoms with Gasteiger partial charge < -0.3 is 4.74 Å². The third kappa shape index (κ3) is 5.54. The molecular weight excluding hydrogens is 570 g/mol. The van der Waals surface area contributed by atoms with E-state index in [9.17, 15) is 4.79 Å². The van der Waals surface area contributed by atoms with E-state index in [1.54, 1.807) is 24.4 Å². The molecule has 8 heteroatoms. The van der Waals surface area contributed by atoms with Gasteiger partial charge in [0.2, 0.25) is 0 Å². The SMILES string of the molecule is CCCc1nc2ccc(Br)cc2c(=O)n1N=Cc1cc(Cl)cc(Br)c1OCc1ccccc1. The molecule has 3 aromatic carbocycles. The van der Waals surface area contributed by atoms with E-state index in [1.807, 2.05) is 49.4 Å². The van der Waals surface area contributed by atoms with E-state index in [0.29, 0.717) is 50.6 Å². The van der Waals surface area contributed by atoms with Crippen LogP contribution in [-0.4, -0.2) is 15.9 Å². The summed E-state index contributed by atoms with van der Waals surface area (Å²) in [6, 6.07) is 18.9. The number of rotatable bonds is 7. The van der Waals surface area contributed by atoms with Crippen LogP contribution in [0.4, 0.5) is 0 Å². The summed E-state index contributed by atoms with van der Waals surface area (Å²) in [4.78, 5) is 17.9. The molecule has 0 radical (unpaired) electrons. The Morgan fingerprint density at radius 3 is 2.67 bits per heavy atom. The summed E-state index contributed by atoms with van der Waals surface area (Å²) in [6.45, 7) is 2.42. The quantitative estimate of drug-likeness (QED) is 0.219. The molecule has 5 nitrogen and oxygen atoms in total. The van der Waals surface area contributed by atoms with Crippen LogP contribution in [0.1, 0.15) is 30.3 Å². The normalized spacial score (nSPS) is 11.4. The van der Waals surface area contributed by atoms with Crippen LogP contribution in [0.3, 0.4) is 0 Å². The van der Waals surface area contributed by atoms with Crippen molar-refractivity contribution in [2.75, 3.05) is 0 Å². The fourth-order valence-corrected chi connectivity index (χ4v) is 4.69. The minimum atomic E-state index is -0.228. The highest BCUT2D eigenvalue weighted by molar-refractivity contribution is 9.10. The maximum absolute atomic E-state index is 13.2. The molecule has 168 valence electrons. The van der Waals surface area contributed by atoms with Crippen molar-refractivity contribution in [3.63, 3.8) is 0 Å². The Morgan fingerprint density at radius 1 is 1.12 bits per heavy atom. The number of fused-ring (bicyclic) bond motifs is 1. The van der Waals surface area contributed by atoms with Crippen molar-refractivity contribution in [1.82, 2.24) is 9.66 Å². The predicted octanol–water partition coefficient (Wildman–Crippen LogP) is 6.99. The maximum atomic E-state index is 13.2. The van der Waals surface area contributed by atoms with Crippen molar-refractivity contribution in [1.29, 1.82) is 0 Å². The summed E-state index contributed by atoms with van der Waals surface area (Å²) in [5, 5.41) is 5.53. The first-order chi connectivity index (χ1) is 16.0. The number of hydrogen-bond donors (Lipinski definition) is 0. The van der Waals surface area contributed by atoms with Gasteiger partial charge in [0.05, 0.1) is 21.6 Å². The lowest BCUT2D eigenvalue weighted by molar-refractivity contribution is 0.304. The van der Waals surface area contributed by atoms with Gasteiger partial charge in [-0.25, -0.2) is 4.98 Å². The van der Waals surface area contributed by atoms with Gasteiger partial charge in [-0.05, 0) is 58.2 Å². The van der Waals surface area contributed by atoms with Crippen molar-refractivity contribution in [3.8, 4) is 5.75 Å². The molecule has 0 atom stereocenters. The number of aryl methyl sites for hydroxylation is 1. The van der Waals surface area contributed by atoms with Crippen LogP contribution < -0.4 is 10.3 Å². The molecule has 0 aliphatic heterocycles. The standard InChI is InChI=1S/C25H20Br2ClN3O2/c1-2-6-23-30-22-10-9-18(26)12-20(22)25(32)31(23)29-14-17-11-19(28)13-21(27)24(17)33-15-16-7-4-3-5-8-16/h3-5,7-14H,2,6,15H2,1H3. The van der Waals surface area contributed by atoms with E-state index >= 15 is 0 Å². The maximum Gasteiger partial charge on any atom is 0.282 e. The Labute approximate surface area is 213 Å². The molecule has 0 bridgehead atoms. The third-order valence-electron chi connectivity index (χ3n) is 4.92. The molecule has 0 unspecified atom stereocenters. The zero-order valence-corrected chi connectivity index (χ0v) is 21.7. The second-order valence-electron chi connectivity index (χ2n) is 7.38. The molecule has 0 aliphatic carbocycles. The number of benzene rings is 3. The number of nitrogens with zero attached hydrogens (tertiary/aromatic N) is 3. The second kappa shape index (κ2) is 10.6. The van der Waals surface area contributed by atoms with Crippen LogP contribution in [0.25, 0.3) is 10.9 Å². The molecule has 0 aliphatic rings. The number of hydrogen-bond acceptors (Lipinski definition) is 4. The lowest BCUT2D eigenvalue weighted by Gasteiger charge is -2.13. The Bertz CT molecular complexity index is 1390. The molecule has 0 saturated heterocycles. The zero-order chi connectivity index (χ0) is 23.4. The van der Waals surface area contributed by atoms with Crippen molar-refractivity contribution < 1.29 is 4.74 Å². The zero-order valence-electron chi connectivity index (χ0n) is 17.8. The second-order valence-corrected chi connectivity index (χ2v) is 9.59. The summed E-state index contributed by atoms with van der Waals surface area (Å²) in [7, 11) is 0. The van der Waals surface area contributed by atoms with Crippen molar-refractivity contribution >= 4 is 60.6 Å². The number of ether oxygens (including phenoxy) is 1. The molecule has 0 amide bonds. The Balaban J connectivity index is 1.76. The molecule has 1 aromatic heterocycles. The molecule has 0 fully saturated rings. The van der Waals surface area contributed by atoms with Gasteiger partial charge in [0.1, 0.15) is 18.2 Å². The van der Waals surface area contributed by atoms with E-state index in [0.717, 1.165) is 16.5 Å². The smallest absolute Gasteiger partial charge is 0.282 e. The number of aromatic nitrogens is 2. The summed E-state index contributed by atoms with van der Waals surface area (Å²) in [5.74, 6) is 1.19. The Hall–Kier alpha value is -2.48. The summed E-state index contributed by atoms with van der Waals surface area (Å²) in [5.41, 5.74) is 2.10. The molecule has 0 spiro atoms. The van der Waals surface area contributed by atoms with Gasteiger partial charge in [0.25, 0.3) is 5.56 Å². The lowest BCUT2D eigenvalue weighted by Crippen LogP contribution is -2.22. The molecule has 4 aromatic rings. The molecule has 0 saturated carbocycles. The Morgan fingerprint density at radius 2 is 1.91 bits per heavy atom. The summed E-state index contributed by atoms with van der Waals surface area (Å²) in [6.07, 6.45) is 3.04. The number of halogens is 3. The molecule has 1 heterocycles. The van der Waals surface area contributed by atoms with Crippen LogP contribution in [0.2, 0.25) is 5.02 Å². The largest absolute Gasteiger partial charge is 0.487 e. The lowest BCUT2D eigenvalue weighted by atomic mass is 10.2. The first-order valence-corrected chi connectivity index (χ1v) is 12.3. The molecule has 4 rings (SSSR count). The van der Waals surface area contributed by atoms with Gasteiger partial charge in [-0.3, -0.25) is 4.79 Å². The van der Waals surface area contributed by atoms with E-state index in [4.69, 9.17) is 16.3 Å². The van der Waals surface area contributed by atoms with Crippen LogP contribution >= 0.6 is 43.5 Å². The first-order valence-electron chi connectivity index (χ1n) is 10.4. The Kier molecular flexibility index (Phi) is 7.63. The van der Waals surface area contributed by atoms with Crippen LogP contribution in [0.15, 0.2) is 79.5 Å². The minimum absolute atomic E-state index is 0.228. The van der Waals surface area contributed by atoms with Gasteiger partial charge in [-0.2, -0.15) is 9.78 Å². The van der Waals surface area contributed by atoms with Gasteiger partial charge >= 0.3 is 0 Å². The highest BCUT2D eigenvalue weighted by Gasteiger charge is 2.13. The van der Waals surface area contributed by atoms with E-state index in [-0.39, 0.29) is 5.56 Å².